The third kappa shape index (κ3) is 8.07. The van der Waals surface area contributed by atoms with Crippen molar-refractivity contribution in [2.75, 3.05) is 31.5 Å². The highest BCUT2D eigenvalue weighted by atomic mass is 35.5. The molecular weight excluding hydrogens is 588 g/mol. The number of pyridine rings is 1. The number of anilines is 2. The molecule has 0 spiro atoms. The summed E-state index contributed by atoms with van der Waals surface area (Å²) >= 11 is 8.11. The topological polar surface area (TPSA) is 124 Å². The van der Waals surface area contributed by atoms with Gasteiger partial charge in [0.1, 0.15) is 29.3 Å². The van der Waals surface area contributed by atoms with Gasteiger partial charge in [-0.2, -0.15) is 0 Å². The molecule has 0 radical (unpaired) electrons. The Morgan fingerprint density at radius 3 is 2.72 bits per heavy atom. The molecule has 43 heavy (non-hydrogen) atoms. The summed E-state index contributed by atoms with van der Waals surface area (Å²) < 4.78 is 5.85. The fourth-order valence-electron chi connectivity index (χ4n) is 5.06. The molecule has 0 aliphatic carbocycles. The number of hydrogen-bond donors (Lipinski definition) is 3. The maximum absolute atomic E-state index is 13.0. The van der Waals surface area contributed by atoms with E-state index in [1.807, 2.05) is 40.1 Å². The Balaban J connectivity index is 1.25. The monoisotopic (exact) mass is 622 g/mol. The van der Waals surface area contributed by atoms with Gasteiger partial charge in [0, 0.05) is 49.0 Å². The van der Waals surface area contributed by atoms with E-state index < -0.39 is 12.2 Å². The van der Waals surface area contributed by atoms with Crippen LogP contribution in [-0.4, -0.2) is 79.3 Å². The lowest BCUT2D eigenvalue weighted by Gasteiger charge is -2.26. The zero-order valence-corrected chi connectivity index (χ0v) is 25.7. The van der Waals surface area contributed by atoms with Gasteiger partial charge in [-0.3, -0.25) is 14.7 Å². The third-order valence-electron chi connectivity index (χ3n) is 6.91. The standard InChI is InChI=1S/C31H35ClN6O4S/c1-20(39)15-37(16-21(2)40)12-5-7-28(41)38-13-10-24-27(17-38)43-31-29(24)30(34-19-35-31)36-22-8-9-26(25(32)14-22)42-18-23-6-3-4-11-33-23/h3-9,11,14,19-21,39-40H,10,12-13,15-18H2,1-2H3,(H,34,35,36)/b7-5+. The van der Waals surface area contributed by atoms with Gasteiger partial charge in [0.15, 0.2) is 0 Å². The second-order valence-corrected chi connectivity index (χ2v) is 12.1. The molecule has 4 aromatic rings. The van der Waals surface area contributed by atoms with Crippen LogP contribution >= 0.6 is 22.9 Å². The number of nitrogens with zero attached hydrogens (tertiary/aromatic N) is 5. The number of benzene rings is 1. The zero-order valence-electron chi connectivity index (χ0n) is 24.1. The molecule has 3 aromatic heterocycles. The molecule has 1 aromatic carbocycles. The van der Waals surface area contributed by atoms with Gasteiger partial charge in [-0.15, -0.1) is 11.3 Å². The predicted molar refractivity (Wildman–Crippen MR) is 169 cm³/mol. The van der Waals surface area contributed by atoms with Gasteiger partial charge in [-0.05, 0) is 56.2 Å². The molecule has 0 bridgehead atoms. The van der Waals surface area contributed by atoms with E-state index in [9.17, 15) is 15.0 Å². The highest BCUT2D eigenvalue weighted by molar-refractivity contribution is 7.19. The van der Waals surface area contributed by atoms with E-state index in [4.69, 9.17) is 16.3 Å². The number of nitrogens with one attached hydrogen (secondary N) is 1. The Labute approximate surface area is 259 Å². The van der Waals surface area contributed by atoms with E-state index >= 15 is 0 Å². The molecule has 4 heterocycles. The Morgan fingerprint density at radius 2 is 2.00 bits per heavy atom. The van der Waals surface area contributed by atoms with Crippen molar-refractivity contribution < 1.29 is 19.7 Å². The van der Waals surface area contributed by atoms with Crippen LogP contribution in [-0.2, 0) is 24.4 Å². The number of ether oxygens (including phenoxy) is 1. The summed E-state index contributed by atoms with van der Waals surface area (Å²) in [5.74, 6) is 1.19. The number of halogens is 1. The van der Waals surface area contributed by atoms with E-state index in [0.29, 0.717) is 62.3 Å². The van der Waals surface area contributed by atoms with Crippen LogP contribution in [0.15, 0.2) is 61.1 Å². The van der Waals surface area contributed by atoms with Gasteiger partial charge in [0.25, 0.3) is 0 Å². The number of aromatic nitrogens is 3. The number of aliphatic hydroxyl groups excluding tert-OH is 2. The molecular formula is C31H35ClN6O4S. The summed E-state index contributed by atoms with van der Waals surface area (Å²) in [5, 5.41) is 24.3. The highest BCUT2D eigenvalue weighted by Gasteiger charge is 2.25. The smallest absolute Gasteiger partial charge is 0.246 e. The van der Waals surface area contributed by atoms with E-state index in [0.717, 1.165) is 32.0 Å². The van der Waals surface area contributed by atoms with E-state index in [-0.39, 0.29) is 5.91 Å². The van der Waals surface area contributed by atoms with E-state index in [1.165, 1.54) is 6.33 Å². The van der Waals surface area contributed by atoms with Crippen molar-refractivity contribution in [1.82, 2.24) is 24.8 Å². The Hall–Kier alpha value is -3.61. The summed E-state index contributed by atoms with van der Waals surface area (Å²) in [5.41, 5.74) is 2.74. The second-order valence-electron chi connectivity index (χ2n) is 10.6. The van der Waals surface area contributed by atoms with Crippen LogP contribution in [0.3, 0.4) is 0 Å². The molecule has 1 amide bonds. The summed E-state index contributed by atoms with van der Waals surface area (Å²) in [4.78, 5) is 32.0. The predicted octanol–water partition coefficient (Wildman–Crippen LogP) is 4.57. The number of fused-ring (bicyclic) bond motifs is 3. The van der Waals surface area contributed by atoms with Crippen molar-refractivity contribution in [3.8, 4) is 5.75 Å². The number of hydrogen-bond acceptors (Lipinski definition) is 10. The summed E-state index contributed by atoms with van der Waals surface area (Å²) in [6, 6.07) is 11.2. The SMILES string of the molecule is CC(O)CN(C/C=C/C(=O)N1CCc2c(sc3ncnc(Nc4ccc(OCc5ccccn5)c(Cl)c4)c23)C1)CC(C)O. The molecule has 0 saturated carbocycles. The average molecular weight is 623 g/mol. The van der Waals surface area contributed by atoms with E-state index in [1.54, 1.807) is 49.6 Å². The number of carbonyl (C=O) groups is 1. The molecule has 0 saturated heterocycles. The Bertz CT molecular complexity index is 1570. The van der Waals surface area contributed by atoms with Gasteiger partial charge < -0.3 is 25.2 Å². The average Bonchev–Trinajstić information content (AvgIpc) is 3.35. The molecule has 10 nitrogen and oxygen atoms in total. The van der Waals surface area contributed by atoms with Crippen LogP contribution in [0.25, 0.3) is 10.2 Å². The number of thiophene rings is 1. The van der Waals surface area contributed by atoms with Gasteiger partial charge in [-0.1, -0.05) is 23.7 Å². The van der Waals surface area contributed by atoms with Gasteiger partial charge in [0.05, 0.1) is 34.9 Å². The van der Waals surface area contributed by atoms with Crippen LogP contribution in [0.5, 0.6) is 5.75 Å². The number of carbonyl (C=O) groups excluding carboxylic acids is 1. The summed E-state index contributed by atoms with van der Waals surface area (Å²) in [6.07, 6.45) is 6.28. The molecule has 3 N–H and O–H groups in total. The van der Waals surface area contributed by atoms with Crippen molar-refractivity contribution in [3.05, 3.63) is 82.2 Å². The maximum atomic E-state index is 13.0. The van der Waals surface area contributed by atoms with Crippen molar-refractivity contribution in [2.45, 2.75) is 45.6 Å². The van der Waals surface area contributed by atoms with Crippen LogP contribution < -0.4 is 10.1 Å². The van der Waals surface area contributed by atoms with Crippen LogP contribution in [0.4, 0.5) is 11.5 Å². The van der Waals surface area contributed by atoms with Crippen molar-refractivity contribution in [1.29, 1.82) is 0 Å². The van der Waals surface area contributed by atoms with Crippen molar-refractivity contribution in [3.63, 3.8) is 0 Å². The zero-order chi connectivity index (χ0) is 30.3. The van der Waals surface area contributed by atoms with Crippen molar-refractivity contribution >= 4 is 50.6 Å². The third-order valence-corrected chi connectivity index (χ3v) is 8.33. The number of amides is 1. The number of aliphatic hydroxyl groups is 2. The largest absolute Gasteiger partial charge is 0.486 e. The molecule has 226 valence electrons. The first-order valence-electron chi connectivity index (χ1n) is 14.1. The minimum Gasteiger partial charge on any atom is -0.486 e. The second kappa shape index (κ2) is 14.2. The Kier molecular flexibility index (Phi) is 10.2. The van der Waals surface area contributed by atoms with Crippen LogP contribution in [0.2, 0.25) is 5.02 Å². The lowest BCUT2D eigenvalue weighted by Crippen LogP contribution is -2.37. The quantitative estimate of drug-likeness (QED) is 0.195. The first kappa shape index (κ1) is 30.8. The fourth-order valence-corrected chi connectivity index (χ4v) is 6.50. The molecule has 1 aliphatic rings. The molecule has 2 unspecified atom stereocenters. The highest BCUT2D eigenvalue weighted by Crippen LogP contribution is 2.39. The minimum atomic E-state index is -0.521. The van der Waals surface area contributed by atoms with Crippen molar-refractivity contribution in [2.24, 2.45) is 0 Å². The minimum absolute atomic E-state index is 0.0680. The first-order chi connectivity index (χ1) is 20.8. The van der Waals surface area contributed by atoms with Gasteiger partial charge in [-0.25, -0.2) is 9.97 Å². The Morgan fingerprint density at radius 1 is 1.19 bits per heavy atom. The molecule has 12 heteroatoms. The lowest BCUT2D eigenvalue weighted by molar-refractivity contribution is -0.126. The normalized spacial score (nSPS) is 14.7. The van der Waals surface area contributed by atoms with Crippen LogP contribution in [0.1, 0.15) is 30.0 Å². The lowest BCUT2D eigenvalue weighted by atomic mass is 10.0. The molecule has 0 fully saturated rings. The fraction of sp³-hybridized carbons (Fsp3) is 0.355. The summed E-state index contributed by atoms with van der Waals surface area (Å²) in [7, 11) is 0. The first-order valence-corrected chi connectivity index (χ1v) is 15.3. The number of rotatable bonds is 12. The molecule has 1 aliphatic heterocycles. The van der Waals surface area contributed by atoms with Crippen LogP contribution in [0, 0.1) is 0 Å². The van der Waals surface area contributed by atoms with Gasteiger partial charge in [0.2, 0.25) is 5.91 Å². The molecule has 2 atom stereocenters. The van der Waals surface area contributed by atoms with E-state index in [2.05, 4.69) is 20.3 Å². The maximum Gasteiger partial charge on any atom is 0.246 e. The summed E-state index contributed by atoms with van der Waals surface area (Å²) in [6.45, 7) is 6.12. The molecule has 5 rings (SSSR count). The van der Waals surface area contributed by atoms with Gasteiger partial charge >= 0.3 is 0 Å².